The lowest BCUT2D eigenvalue weighted by Crippen LogP contribution is -2.28. The van der Waals surface area contributed by atoms with Crippen molar-refractivity contribution in [3.63, 3.8) is 0 Å². The highest BCUT2D eigenvalue weighted by Gasteiger charge is 2.10. The van der Waals surface area contributed by atoms with Gasteiger partial charge in [0.2, 0.25) is 0 Å². The summed E-state index contributed by atoms with van der Waals surface area (Å²) in [6, 6.07) is 5.18. The Hall–Kier alpha value is -1.68. The molecule has 0 aromatic heterocycles. The zero-order chi connectivity index (χ0) is 14.4. The fraction of sp³-hybridized carbons (Fsp3) is 0.400. The Morgan fingerprint density at radius 3 is 2.74 bits per heavy atom. The first-order valence-electron chi connectivity index (χ1n) is 6.33. The van der Waals surface area contributed by atoms with Gasteiger partial charge in [0, 0.05) is 24.2 Å². The van der Waals surface area contributed by atoms with Gasteiger partial charge in [-0.05, 0) is 38.1 Å². The largest absolute Gasteiger partial charge is 0.478 e. The van der Waals surface area contributed by atoms with Crippen LogP contribution in [0.5, 0.6) is 0 Å². The molecule has 0 saturated heterocycles. The van der Waals surface area contributed by atoms with Gasteiger partial charge < -0.3 is 5.11 Å². The molecule has 0 aliphatic heterocycles. The van der Waals surface area contributed by atoms with Crippen LogP contribution in [-0.4, -0.2) is 29.1 Å². The first-order chi connectivity index (χ1) is 8.93. The molecule has 4 heteroatoms. The van der Waals surface area contributed by atoms with Crippen molar-refractivity contribution < 1.29 is 14.3 Å². The van der Waals surface area contributed by atoms with Crippen molar-refractivity contribution in [1.29, 1.82) is 0 Å². The summed E-state index contributed by atoms with van der Waals surface area (Å²) in [6.07, 6.45) is 3.39. The zero-order valence-corrected chi connectivity index (χ0v) is 11.6. The van der Waals surface area contributed by atoms with E-state index in [1.165, 1.54) is 12.1 Å². The summed E-state index contributed by atoms with van der Waals surface area (Å²) in [5.74, 6) is -1.34. The average Bonchev–Trinajstić information content (AvgIpc) is 2.38. The van der Waals surface area contributed by atoms with E-state index >= 15 is 0 Å². The number of benzene rings is 1. The van der Waals surface area contributed by atoms with E-state index in [4.69, 9.17) is 5.11 Å². The zero-order valence-electron chi connectivity index (χ0n) is 11.6. The Balaban J connectivity index is 2.80. The fourth-order valence-corrected chi connectivity index (χ4v) is 1.70. The molecule has 0 fully saturated rings. The summed E-state index contributed by atoms with van der Waals surface area (Å²) in [5, 5.41) is 8.52. The van der Waals surface area contributed by atoms with E-state index in [1.54, 1.807) is 12.1 Å². The van der Waals surface area contributed by atoms with Crippen LogP contribution in [0.15, 0.2) is 24.3 Å². The molecule has 0 saturated carbocycles. The monoisotopic (exact) mass is 265 g/mol. The molecule has 0 spiro atoms. The lowest BCUT2D eigenvalue weighted by molar-refractivity contribution is -0.131. The van der Waals surface area contributed by atoms with Crippen molar-refractivity contribution in [3.05, 3.63) is 41.2 Å². The van der Waals surface area contributed by atoms with Gasteiger partial charge in [-0.3, -0.25) is 4.90 Å². The van der Waals surface area contributed by atoms with Gasteiger partial charge in [-0.25, -0.2) is 9.18 Å². The molecule has 0 aliphatic carbocycles. The second kappa shape index (κ2) is 7.04. The molecular weight excluding hydrogens is 245 g/mol. The van der Waals surface area contributed by atoms with Crippen LogP contribution in [0.4, 0.5) is 4.39 Å². The first-order valence-corrected chi connectivity index (χ1v) is 6.33. The topological polar surface area (TPSA) is 40.5 Å². The van der Waals surface area contributed by atoms with E-state index < -0.39 is 5.97 Å². The number of rotatable bonds is 6. The van der Waals surface area contributed by atoms with Crippen LogP contribution in [0.1, 0.15) is 31.4 Å². The van der Waals surface area contributed by atoms with Crippen molar-refractivity contribution in [2.75, 3.05) is 7.05 Å². The van der Waals surface area contributed by atoms with Crippen molar-refractivity contribution in [2.24, 2.45) is 0 Å². The van der Waals surface area contributed by atoms with Gasteiger partial charge in [0.1, 0.15) is 5.82 Å². The van der Waals surface area contributed by atoms with Gasteiger partial charge in [-0.15, -0.1) is 0 Å². The Morgan fingerprint density at radius 2 is 2.21 bits per heavy atom. The van der Waals surface area contributed by atoms with Gasteiger partial charge in [0.15, 0.2) is 0 Å². The smallest absolute Gasteiger partial charge is 0.328 e. The highest BCUT2D eigenvalue weighted by molar-refractivity contribution is 5.85. The number of nitrogens with zero attached hydrogens (tertiary/aromatic N) is 1. The molecule has 1 aromatic carbocycles. The Labute approximate surface area is 113 Å². The molecule has 0 amide bonds. The second-order valence-electron chi connectivity index (χ2n) is 4.69. The maximum absolute atomic E-state index is 13.9. The maximum Gasteiger partial charge on any atom is 0.328 e. The van der Waals surface area contributed by atoms with Crippen molar-refractivity contribution >= 4 is 12.0 Å². The predicted molar refractivity (Wildman–Crippen MR) is 74.3 cm³/mol. The van der Waals surface area contributed by atoms with Gasteiger partial charge in [-0.1, -0.05) is 19.1 Å². The van der Waals surface area contributed by atoms with E-state index in [-0.39, 0.29) is 5.82 Å². The van der Waals surface area contributed by atoms with Crippen molar-refractivity contribution in [1.82, 2.24) is 4.90 Å². The first kappa shape index (κ1) is 15.4. The standard InChI is InChI=1S/C15H20FNO2/c1-4-11(2)17(3)10-13-7-5-12(9-14(13)16)6-8-15(18)19/h5-9,11H,4,10H2,1-3H3,(H,18,19)/b8-6+. The van der Waals surface area contributed by atoms with Gasteiger partial charge in [-0.2, -0.15) is 0 Å². The van der Waals surface area contributed by atoms with Crippen molar-refractivity contribution in [2.45, 2.75) is 32.9 Å². The fourth-order valence-electron chi connectivity index (χ4n) is 1.70. The SMILES string of the molecule is CCC(C)N(C)Cc1ccc(/C=C/C(=O)O)cc1F. The van der Waals surface area contributed by atoms with E-state index in [0.717, 1.165) is 12.5 Å². The molecule has 0 heterocycles. The number of carboxylic acids is 1. The number of hydrogen-bond acceptors (Lipinski definition) is 2. The minimum atomic E-state index is -1.04. The molecule has 0 aliphatic rings. The third-order valence-electron chi connectivity index (χ3n) is 3.26. The average molecular weight is 265 g/mol. The highest BCUT2D eigenvalue weighted by atomic mass is 19.1. The minimum Gasteiger partial charge on any atom is -0.478 e. The molecule has 1 atom stereocenters. The molecule has 1 N–H and O–H groups in total. The molecule has 104 valence electrons. The lowest BCUT2D eigenvalue weighted by Gasteiger charge is -2.23. The molecule has 3 nitrogen and oxygen atoms in total. The van der Waals surface area contributed by atoms with Crippen molar-refractivity contribution in [3.8, 4) is 0 Å². The van der Waals surface area contributed by atoms with E-state index in [2.05, 4.69) is 18.7 Å². The number of hydrogen-bond donors (Lipinski definition) is 1. The summed E-state index contributed by atoms with van der Waals surface area (Å²) in [4.78, 5) is 12.5. The Kier molecular flexibility index (Phi) is 5.70. The Bertz CT molecular complexity index is 471. The van der Waals surface area contributed by atoms with E-state index in [9.17, 15) is 9.18 Å². The second-order valence-corrected chi connectivity index (χ2v) is 4.69. The minimum absolute atomic E-state index is 0.303. The molecule has 0 radical (unpaired) electrons. The molecular formula is C15H20FNO2. The molecule has 1 unspecified atom stereocenters. The normalized spacial score (nSPS) is 13.1. The van der Waals surface area contributed by atoms with Crippen LogP contribution in [0.25, 0.3) is 6.08 Å². The van der Waals surface area contributed by atoms with Gasteiger partial charge in [0.05, 0.1) is 0 Å². The quantitative estimate of drug-likeness (QED) is 0.803. The summed E-state index contributed by atoms with van der Waals surface area (Å²) in [7, 11) is 1.96. The van der Waals surface area contributed by atoms with Crippen LogP contribution in [0, 0.1) is 5.82 Å². The van der Waals surface area contributed by atoms with Gasteiger partial charge in [0.25, 0.3) is 0 Å². The van der Waals surface area contributed by atoms with Crippen LogP contribution < -0.4 is 0 Å². The molecule has 1 rings (SSSR count). The lowest BCUT2D eigenvalue weighted by atomic mass is 10.1. The third-order valence-corrected chi connectivity index (χ3v) is 3.26. The van der Waals surface area contributed by atoms with Crippen LogP contribution in [0.3, 0.4) is 0 Å². The van der Waals surface area contributed by atoms with Gasteiger partial charge >= 0.3 is 5.97 Å². The molecule has 0 bridgehead atoms. The Morgan fingerprint density at radius 1 is 1.53 bits per heavy atom. The number of carbonyl (C=O) groups is 1. The third kappa shape index (κ3) is 4.83. The van der Waals surface area contributed by atoms with E-state index in [0.29, 0.717) is 23.7 Å². The predicted octanol–water partition coefficient (Wildman–Crippen LogP) is 3.15. The summed E-state index contributed by atoms with van der Waals surface area (Å²) >= 11 is 0. The van der Waals surface area contributed by atoms with Crippen LogP contribution in [-0.2, 0) is 11.3 Å². The maximum atomic E-state index is 13.9. The van der Waals surface area contributed by atoms with E-state index in [1.807, 2.05) is 7.05 Å². The number of carboxylic acid groups (broad SMARTS) is 1. The summed E-state index contributed by atoms with van der Waals surface area (Å²) < 4.78 is 13.9. The summed E-state index contributed by atoms with van der Waals surface area (Å²) in [5.41, 5.74) is 1.17. The summed E-state index contributed by atoms with van der Waals surface area (Å²) in [6.45, 7) is 4.74. The highest BCUT2D eigenvalue weighted by Crippen LogP contribution is 2.15. The molecule has 1 aromatic rings. The van der Waals surface area contributed by atoms with Crippen LogP contribution >= 0.6 is 0 Å². The molecule has 19 heavy (non-hydrogen) atoms. The van der Waals surface area contributed by atoms with Crippen LogP contribution in [0.2, 0.25) is 0 Å². The number of aliphatic carboxylic acids is 1. The number of halogens is 1.